The number of ketones is 1. The Labute approximate surface area is 220 Å². The summed E-state index contributed by atoms with van der Waals surface area (Å²) in [6.07, 6.45) is 0. The van der Waals surface area contributed by atoms with E-state index < -0.39 is 23.5 Å². The summed E-state index contributed by atoms with van der Waals surface area (Å²) in [4.78, 5) is 28.4. The molecule has 0 aliphatic carbocycles. The highest BCUT2D eigenvalue weighted by atomic mass is 16.5. The van der Waals surface area contributed by atoms with Crippen LogP contribution in [0.15, 0.2) is 60.2 Å². The molecule has 0 bridgehead atoms. The normalized spacial score (nSPS) is 16.4. The lowest BCUT2D eigenvalue weighted by Crippen LogP contribution is -2.29. The first-order chi connectivity index (χ1) is 18.3. The van der Waals surface area contributed by atoms with Crippen molar-refractivity contribution >= 4 is 23.1 Å². The number of nitrogens with zero attached hydrogens (tertiary/aromatic N) is 1. The van der Waals surface area contributed by atoms with Crippen molar-refractivity contribution in [2.45, 2.75) is 13.0 Å². The molecular weight excluding hydrogens is 490 g/mol. The van der Waals surface area contributed by atoms with Gasteiger partial charge in [-0.1, -0.05) is 17.7 Å². The summed E-state index contributed by atoms with van der Waals surface area (Å²) in [7, 11) is 7.37. The highest BCUT2D eigenvalue weighted by molar-refractivity contribution is 6.51. The van der Waals surface area contributed by atoms with E-state index in [1.165, 1.54) is 40.4 Å². The number of amides is 1. The Morgan fingerprint density at radius 3 is 1.89 bits per heavy atom. The van der Waals surface area contributed by atoms with Crippen LogP contribution in [0, 0.1) is 6.92 Å². The minimum Gasteiger partial charge on any atom is -0.507 e. The molecule has 1 aliphatic rings. The molecule has 1 atom stereocenters. The zero-order valence-corrected chi connectivity index (χ0v) is 22.0. The molecule has 1 amide bonds. The molecule has 9 heteroatoms. The third kappa shape index (κ3) is 4.47. The zero-order chi connectivity index (χ0) is 27.6. The molecule has 0 aromatic heterocycles. The van der Waals surface area contributed by atoms with Crippen LogP contribution in [0.25, 0.3) is 5.76 Å². The third-order valence-electron chi connectivity index (χ3n) is 6.42. The molecule has 0 radical (unpaired) electrons. The second-order valence-corrected chi connectivity index (χ2v) is 8.53. The second kappa shape index (κ2) is 10.8. The lowest BCUT2D eigenvalue weighted by atomic mass is 9.94. The maximum absolute atomic E-state index is 13.5. The molecule has 0 saturated carbocycles. The van der Waals surface area contributed by atoms with Crippen LogP contribution in [0.2, 0.25) is 0 Å². The summed E-state index contributed by atoms with van der Waals surface area (Å²) in [5.41, 5.74) is 2.05. The maximum Gasteiger partial charge on any atom is 0.300 e. The molecule has 198 valence electrons. The highest BCUT2D eigenvalue weighted by Gasteiger charge is 2.47. The molecule has 1 fully saturated rings. The standard InChI is InChI=1S/C29H29NO8/c1-16-7-9-18(10-8-16)30-25(17-13-22(36-4)28(38-6)23(14-17)37-5)24(27(32)29(30)33)26(31)20-12-11-19(34-2)15-21(20)35-3/h7-15,25,31H,1-6H3/b26-24+. The molecule has 4 rings (SSSR count). The number of aliphatic hydroxyl groups excluding tert-OH is 1. The summed E-state index contributed by atoms with van der Waals surface area (Å²) in [5, 5.41) is 11.6. The van der Waals surface area contributed by atoms with Crippen molar-refractivity contribution in [1.29, 1.82) is 0 Å². The first kappa shape index (κ1) is 26.4. The molecule has 0 spiro atoms. The fourth-order valence-corrected chi connectivity index (χ4v) is 4.52. The van der Waals surface area contributed by atoms with E-state index in [2.05, 4.69) is 0 Å². The Hall–Kier alpha value is -4.66. The molecular formula is C29H29NO8. The Balaban J connectivity index is 2.03. The number of carbonyl (C=O) groups excluding carboxylic acids is 2. The van der Waals surface area contributed by atoms with E-state index in [1.54, 1.807) is 42.5 Å². The highest BCUT2D eigenvalue weighted by Crippen LogP contribution is 2.47. The van der Waals surface area contributed by atoms with E-state index in [9.17, 15) is 14.7 Å². The SMILES string of the molecule is COc1ccc(/C(O)=C2\C(=O)C(=O)N(c3ccc(C)cc3)C2c2cc(OC)c(OC)c(OC)c2)c(OC)c1. The van der Waals surface area contributed by atoms with Crippen LogP contribution in [0.5, 0.6) is 28.7 Å². The number of ether oxygens (including phenoxy) is 5. The number of carbonyl (C=O) groups is 2. The number of hydrogen-bond donors (Lipinski definition) is 1. The van der Waals surface area contributed by atoms with Gasteiger partial charge in [0.15, 0.2) is 11.5 Å². The summed E-state index contributed by atoms with van der Waals surface area (Å²) < 4.78 is 27.2. The molecule has 3 aromatic carbocycles. The number of hydrogen-bond acceptors (Lipinski definition) is 8. The third-order valence-corrected chi connectivity index (χ3v) is 6.42. The van der Waals surface area contributed by atoms with Crippen molar-refractivity contribution in [3.63, 3.8) is 0 Å². The van der Waals surface area contributed by atoms with Gasteiger partial charge < -0.3 is 28.8 Å². The Kier molecular flexibility index (Phi) is 7.47. The smallest absolute Gasteiger partial charge is 0.300 e. The molecule has 3 aromatic rings. The number of benzene rings is 3. The van der Waals surface area contributed by atoms with Gasteiger partial charge in [0.1, 0.15) is 17.3 Å². The van der Waals surface area contributed by atoms with Crippen molar-refractivity contribution in [3.05, 3.63) is 76.9 Å². The predicted molar refractivity (Wildman–Crippen MR) is 142 cm³/mol. The summed E-state index contributed by atoms with van der Waals surface area (Å²) in [5.74, 6) is -0.246. The van der Waals surface area contributed by atoms with Crippen LogP contribution in [-0.4, -0.2) is 52.3 Å². The molecule has 1 N–H and O–H groups in total. The van der Waals surface area contributed by atoms with E-state index in [0.29, 0.717) is 34.2 Å². The van der Waals surface area contributed by atoms with Gasteiger partial charge in [0.25, 0.3) is 11.7 Å². The van der Waals surface area contributed by atoms with Gasteiger partial charge in [-0.15, -0.1) is 0 Å². The average molecular weight is 520 g/mol. The first-order valence-corrected chi connectivity index (χ1v) is 11.7. The van der Waals surface area contributed by atoms with Crippen molar-refractivity contribution in [2.75, 3.05) is 40.4 Å². The van der Waals surface area contributed by atoms with Crippen LogP contribution < -0.4 is 28.6 Å². The number of anilines is 1. The van der Waals surface area contributed by atoms with Gasteiger partial charge in [-0.3, -0.25) is 14.5 Å². The fraction of sp³-hybridized carbons (Fsp3) is 0.241. The first-order valence-electron chi connectivity index (χ1n) is 11.7. The number of aliphatic hydroxyl groups is 1. The Morgan fingerprint density at radius 2 is 1.37 bits per heavy atom. The van der Waals surface area contributed by atoms with Gasteiger partial charge in [-0.2, -0.15) is 0 Å². The van der Waals surface area contributed by atoms with Crippen LogP contribution in [0.1, 0.15) is 22.7 Å². The van der Waals surface area contributed by atoms with Gasteiger partial charge in [0.05, 0.1) is 52.7 Å². The Bertz CT molecular complexity index is 1390. The van der Waals surface area contributed by atoms with E-state index in [1.807, 2.05) is 19.1 Å². The largest absolute Gasteiger partial charge is 0.507 e. The van der Waals surface area contributed by atoms with Crippen LogP contribution in [-0.2, 0) is 9.59 Å². The molecule has 1 unspecified atom stereocenters. The van der Waals surface area contributed by atoms with Crippen molar-refractivity contribution in [1.82, 2.24) is 0 Å². The van der Waals surface area contributed by atoms with Gasteiger partial charge >= 0.3 is 0 Å². The lowest BCUT2D eigenvalue weighted by Gasteiger charge is -2.27. The van der Waals surface area contributed by atoms with Gasteiger partial charge in [0, 0.05) is 11.8 Å². The van der Waals surface area contributed by atoms with Crippen molar-refractivity contribution in [3.8, 4) is 28.7 Å². The molecule has 9 nitrogen and oxygen atoms in total. The quantitative estimate of drug-likeness (QED) is 0.260. The molecule has 38 heavy (non-hydrogen) atoms. The molecule has 1 heterocycles. The fourth-order valence-electron chi connectivity index (χ4n) is 4.52. The monoisotopic (exact) mass is 519 g/mol. The Morgan fingerprint density at radius 1 is 0.763 bits per heavy atom. The van der Waals surface area contributed by atoms with Crippen LogP contribution >= 0.6 is 0 Å². The average Bonchev–Trinajstić information content (AvgIpc) is 3.21. The zero-order valence-electron chi connectivity index (χ0n) is 22.0. The van der Waals surface area contributed by atoms with Gasteiger partial charge in [0.2, 0.25) is 5.75 Å². The number of methoxy groups -OCH3 is 5. The van der Waals surface area contributed by atoms with Crippen molar-refractivity contribution < 1.29 is 38.4 Å². The topological polar surface area (TPSA) is 104 Å². The predicted octanol–water partition coefficient (Wildman–Crippen LogP) is 4.66. The van der Waals surface area contributed by atoms with E-state index in [0.717, 1.165) is 5.56 Å². The summed E-state index contributed by atoms with van der Waals surface area (Å²) in [6.45, 7) is 1.92. The maximum atomic E-state index is 13.5. The van der Waals surface area contributed by atoms with E-state index >= 15 is 0 Å². The van der Waals surface area contributed by atoms with Gasteiger partial charge in [-0.05, 0) is 48.9 Å². The van der Waals surface area contributed by atoms with Crippen molar-refractivity contribution in [2.24, 2.45) is 0 Å². The number of rotatable bonds is 8. The summed E-state index contributed by atoms with van der Waals surface area (Å²) in [6, 6.07) is 14.2. The number of Topliss-reactive ketones (excluding diaryl/α,β-unsaturated/α-hetero) is 1. The van der Waals surface area contributed by atoms with Crippen LogP contribution in [0.4, 0.5) is 5.69 Å². The molecule has 1 saturated heterocycles. The van der Waals surface area contributed by atoms with E-state index in [-0.39, 0.29) is 16.9 Å². The van der Waals surface area contributed by atoms with E-state index in [4.69, 9.17) is 23.7 Å². The second-order valence-electron chi connectivity index (χ2n) is 8.53. The minimum absolute atomic E-state index is 0.117. The van der Waals surface area contributed by atoms with Crippen LogP contribution in [0.3, 0.4) is 0 Å². The summed E-state index contributed by atoms with van der Waals surface area (Å²) >= 11 is 0. The lowest BCUT2D eigenvalue weighted by molar-refractivity contribution is -0.132. The van der Waals surface area contributed by atoms with Gasteiger partial charge in [-0.25, -0.2) is 0 Å². The number of aryl methyl sites for hydroxylation is 1. The minimum atomic E-state index is -1.02. The molecule has 1 aliphatic heterocycles.